The fourth-order valence-electron chi connectivity index (χ4n) is 5.04. The summed E-state index contributed by atoms with van der Waals surface area (Å²) >= 11 is 0. The Morgan fingerprint density at radius 3 is 2.48 bits per heavy atom. The van der Waals surface area contributed by atoms with Crippen LogP contribution in [0, 0.1) is 11.8 Å². The van der Waals surface area contributed by atoms with Crippen LogP contribution in [0.2, 0.25) is 0 Å². The first-order chi connectivity index (χ1) is 13.1. The Bertz CT molecular complexity index is 676. The molecular weight excluding hydrogens is 342 g/mol. The molecular formula is C21H29N3O3. The van der Waals surface area contributed by atoms with Gasteiger partial charge in [-0.3, -0.25) is 9.59 Å². The van der Waals surface area contributed by atoms with E-state index in [0.717, 1.165) is 44.3 Å². The third kappa shape index (κ3) is 4.10. The molecule has 27 heavy (non-hydrogen) atoms. The number of anilines is 1. The molecule has 1 saturated heterocycles. The summed E-state index contributed by atoms with van der Waals surface area (Å²) < 4.78 is 5.66. The maximum absolute atomic E-state index is 12.4. The van der Waals surface area contributed by atoms with E-state index in [-0.39, 0.29) is 30.5 Å². The van der Waals surface area contributed by atoms with Gasteiger partial charge in [-0.2, -0.15) is 0 Å². The lowest BCUT2D eigenvalue weighted by Gasteiger charge is -2.45. The van der Waals surface area contributed by atoms with Crippen molar-refractivity contribution in [1.29, 1.82) is 0 Å². The molecule has 2 amide bonds. The van der Waals surface area contributed by atoms with Crippen molar-refractivity contribution >= 4 is 17.5 Å². The number of amides is 2. The monoisotopic (exact) mass is 371 g/mol. The molecule has 3 N–H and O–H groups in total. The number of benzene rings is 1. The molecule has 0 aromatic heterocycles. The van der Waals surface area contributed by atoms with E-state index < -0.39 is 0 Å². The average molecular weight is 371 g/mol. The number of hydrogen-bond donors (Lipinski definition) is 2. The molecule has 2 bridgehead atoms. The molecule has 2 aliphatic carbocycles. The number of nitrogens with zero attached hydrogens (tertiary/aromatic N) is 1. The molecule has 0 spiro atoms. The van der Waals surface area contributed by atoms with Gasteiger partial charge < -0.3 is 20.7 Å². The quantitative estimate of drug-likeness (QED) is 0.831. The lowest BCUT2D eigenvalue weighted by molar-refractivity contribution is -0.125. The molecule has 6 nitrogen and oxygen atoms in total. The van der Waals surface area contributed by atoms with E-state index in [9.17, 15) is 9.59 Å². The second kappa shape index (κ2) is 7.89. The van der Waals surface area contributed by atoms with Gasteiger partial charge in [-0.1, -0.05) is 6.42 Å². The first-order valence-electron chi connectivity index (χ1n) is 10.2. The minimum absolute atomic E-state index is 0.0178. The third-order valence-corrected chi connectivity index (χ3v) is 6.30. The van der Waals surface area contributed by atoms with Crippen molar-refractivity contribution in [2.45, 2.75) is 57.0 Å². The highest BCUT2D eigenvalue weighted by molar-refractivity contribution is 5.95. The van der Waals surface area contributed by atoms with Crippen LogP contribution in [0.25, 0.3) is 0 Å². The van der Waals surface area contributed by atoms with E-state index in [1.165, 1.54) is 6.42 Å². The summed E-state index contributed by atoms with van der Waals surface area (Å²) in [5.41, 5.74) is 7.05. The van der Waals surface area contributed by atoms with Crippen LogP contribution in [0.15, 0.2) is 24.3 Å². The van der Waals surface area contributed by atoms with Crippen LogP contribution in [0.4, 0.5) is 5.69 Å². The molecule has 1 aliphatic heterocycles. The second-order valence-corrected chi connectivity index (χ2v) is 8.21. The smallest absolute Gasteiger partial charge is 0.258 e. The fourth-order valence-corrected chi connectivity index (χ4v) is 5.04. The number of nitrogens with two attached hydrogens (primary N) is 1. The molecule has 0 radical (unpaired) electrons. The Hall–Kier alpha value is -2.08. The van der Waals surface area contributed by atoms with E-state index in [1.54, 1.807) is 4.90 Å². The lowest BCUT2D eigenvalue weighted by atomic mass is 9.67. The molecule has 3 aliphatic rings. The molecule has 4 rings (SSSR count). The number of carbonyl (C=O) groups excluding carboxylic acids is 2. The maximum Gasteiger partial charge on any atom is 0.258 e. The Labute approximate surface area is 160 Å². The van der Waals surface area contributed by atoms with Gasteiger partial charge in [-0.05, 0) is 68.2 Å². The maximum atomic E-state index is 12.4. The highest BCUT2D eigenvalue weighted by Gasteiger charge is 2.39. The number of rotatable bonds is 5. The molecule has 1 aromatic carbocycles. The second-order valence-electron chi connectivity index (χ2n) is 8.21. The minimum Gasteiger partial charge on any atom is -0.484 e. The van der Waals surface area contributed by atoms with Crippen LogP contribution < -0.4 is 20.7 Å². The van der Waals surface area contributed by atoms with E-state index >= 15 is 0 Å². The molecule has 6 heteroatoms. The third-order valence-electron chi connectivity index (χ3n) is 6.30. The van der Waals surface area contributed by atoms with Gasteiger partial charge in [0.2, 0.25) is 5.91 Å². The molecule has 146 valence electrons. The van der Waals surface area contributed by atoms with Crippen molar-refractivity contribution in [3.05, 3.63) is 24.3 Å². The predicted octanol–water partition coefficient (Wildman–Crippen LogP) is 2.21. The number of hydrogen-bond acceptors (Lipinski definition) is 4. The topological polar surface area (TPSA) is 84.7 Å². The average Bonchev–Trinajstić information content (AvgIpc) is 3.07. The van der Waals surface area contributed by atoms with Crippen molar-refractivity contribution in [3.8, 4) is 5.75 Å². The Morgan fingerprint density at radius 2 is 1.85 bits per heavy atom. The highest BCUT2D eigenvalue weighted by Crippen LogP contribution is 2.39. The molecule has 3 fully saturated rings. The molecule has 1 aromatic rings. The summed E-state index contributed by atoms with van der Waals surface area (Å²) in [6.07, 6.45) is 7.12. The van der Waals surface area contributed by atoms with Gasteiger partial charge in [-0.15, -0.1) is 0 Å². The summed E-state index contributed by atoms with van der Waals surface area (Å²) in [7, 11) is 0. The Kier molecular flexibility index (Phi) is 5.34. The van der Waals surface area contributed by atoms with Gasteiger partial charge in [0.1, 0.15) is 5.75 Å². The first-order valence-corrected chi connectivity index (χ1v) is 10.2. The van der Waals surface area contributed by atoms with Crippen LogP contribution in [0.1, 0.15) is 44.9 Å². The normalized spacial score (nSPS) is 30.3. The highest BCUT2D eigenvalue weighted by atomic mass is 16.5. The zero-order chi connectivity index (χ0) is 18.8. The number of carbonyl (C=O) groups is 2. The van der Waals surface area contributed by atoms with E-state index in [1.807, 2.05) is 24.3 Å². The zero-order valence-electron chi connectivity index (χ0n) is 15.7. The largest absolute Gasteiger partial charge is 0.484 e. The van der Waals surface area contributed by atoms with Crippen LogP contribution in [-0.4, -0.2) is 37.0 Å². The van der Waals surface area contributed by atoms with Crippen LogP contribution >= 0.6 is 0 Å². The summed E-state index contributed by atoms with van der Waals surface area (Å²) in [5, 5.41) is 3.20. The SMILES string of the molecule is NC1CC2CCCC(C1)C2NC(=O)COc1ccc(N2CCCC2=O)cc1. The van der Waals surface area contributed by atoms with E-state index in [4.69, 9.17) is 10.5 Å². The zero-order valence-corrected chi connectivity index (χ0v) is 15.7. The van der Waals surface area contributed by atoms with E-state index in [2.05, 4.69) is 5.32 Å². The Balaban J connectivity index is 1.28. The van der Waals surface area contributed by atoms with Crippen molar-refractivity contribution in [3.63, 3.8) is 0 Å². The summed E-state index contributed by atoms with van der Waals surface area (Å²) in [6, 6.07) is 7.93. The number of fused-ring (bicyclic) bond motifs is 2. The summed E-state index contributed by atoms with van der Waals surface area (Å²) in [5.74, 6) is 1.76. The lowest BCUT2D eigenvalue weighted by Crippen LogP contribution is -2.54. The number of nitrogens with one attached hydrogen (secondary N) is 1. The van der Waals surface area contributed by atoms with Crippen molar-refractivity contribution in [2.24, 2.45) is 17.6 Å². The van der Waals surface area contributed by atoms with Gasteiger partial charge in [0.05, 0.1) is 0 Å². The summed E-state index contributed by atoms with van der Waals surface area (Å²) in [6.45, 7) is 0.790. The van der Waals surface area contributed by atoms with Crippen LogP contribution in [0.5, 0.6) is 5.75 Å². The van der Waals surface area contributed by atoms with Crippen molar-refractivity contribution < 1.29 is 14.3 Å². The molecule has 1 heterocycles. The molecule has 2 atom stereocenters. The molecule has 2 unspecified atom stereocenters. The Morgan fingerprint density at radius 1 is 1.15 bits per heavy atom. The molecule has 2 saturated carbocycles. The van der Waals surface area contributed by atoms with Gasteiger partial charge in [0.25, 0.3) is 5.91 Å². The predicted molar refractivity (Wildman–Crippen MR) is 103 cm³/mol. The van der Waals surface area contributed by atoms with Crippen molar-refractivity contribution in [1.82, 2.24) is 5.32 Å². The fraction of sp³-hybridized carbons (Fsp3) is 0.619. The van der Waals surface area contributed by atoms with Crippen LogP contribution in [-0.2, 0) is 9.59 Å². The van der Waals surface area contributed by atoms with Crippen LogP contribution in [0.3, 0.4) is 0 Å². The van der Waals surface area contributed by atoms with Gasteiger partial charge in [0.15, 0.2) is 6.61 Å². The van der Waals surface area contributed by atoms with Gasteiger partial charge >= 0.3 is 0 Å². The van der Waals surface area contributed by atoms with Gasteiger partial charge in [0, 0.05) is 30.7 Å². The minimum atomic E-state index is -0.0637. The first kappa shape index (κ1) is 18.3. The standard InChI is InChI=1S/C21H29N3O3/c22-16-11-14-3-1-4-15(12-16)21(14)23-19(25)13-27-18-8-6-17(7-9-18)24-10-2-5-20(24)26/h6-9,14-16,21H,1-5,10-13,22H2,(H,23,25). The van der Waals surface area contributed by atoms with Crippen molar-refractivity contribution in [2.75, 3.05) is 18.1 Å². The summed E-state index contributed by atoms with van der Waals surface area (Å²) in [4.78, 5) is 26.0. The van der Waals surface area contributed by atoms with Gasteiger partial charge in [-0.25, -0.2) is 0 Å². The van der Waals surface area contributed by atoms with E-state index in [0.29, 0.717) is 24.0 Å². The number of ether oxygens (including phenoxy) is 1.